The summed E-state index contributed by atoms with van der Waals surface area (Å²) in [5.74, 6) is 0. The van der Waals surface area contributed by atoms with Crippen molar-refractivity contribution >= 4 is 0 Å². The third-order valence-electron chi connectivity index (χ3n) is 1.26. The summed E-state index contributed by atoms with van der Waals surface area (Å²) in [4.78, 5) is 0. The van der Waals surface area contributed by atoms with Gasteiger partial charge in [-0.3, -0.25) is 0 Å². The molecule has 1 heteroatoms. The van der Waals surface area contributed by atoms with Gasteiger partial charge in [-0.05, 0) is 12.8 Å². The lowest BCUT2D eigenvalue weighted by Crippen LogP contribution is -2.07. The highest BCUT2D eigenvalue weighted by molar-refractivity contribution is 4.89. The molecule has 1 radical (unpaired) electrons. The molecule has 0 aromatic heterocycles. The molecule has 0 amide bonds. The zero-order valence-electron chi connectivity index (χ0n) is 6.19. The van der Waals surface area contributed by atoms with E-state index < -0.39 is 0 Å². The number of unbranched alkanes of at least 4 members (excludes halogenated alkanes) is 1. The largest absolute Gasteiger partial charge is 0.323 e. The molecule has 0 unspecified atom stereocenters. The van der Waals surface area contributed by atoms with Crippen LogP contribution in [0.15, 0.2) is 12.7 Å². The standard InChI is InChI=1S/C8H16N/c1-3-5-7-8(9)6-4-2/h4H,2-3,5-7,9H2,1H3. The Kier molecular flexibility index (Phi) is 5.64. The van der Waals surface area contributed by atoms with E-state index in [1.54, 1.807) is 0 Å². The Morgan fingerprint density at radius 2 is 2.33 bits per heavy atom. The fourth-order valence-corrected chi connectivity index (χ4v) is 0.691. The van der Waals surface area contributed by atoms with E-state index in [9.17, 15) is 0 Å². The van der Waals surface area contributed by atoms with Gasteiger partial charge in [0.15, 0.2) is 0 Å². The van der Waals surface area contributed by atoms with Crippen LogP contribution < -0.4 is 5.73 Å². The molecule has 2 N–H and O–H groups in total. The van der Waals surface area contributed by atoms with Crippen molar-refractivity contribution in [2.24, 2.45) is 5.73 Å². The lowest BCUT2D eigenvalue weighted by Gasteiger charge is -2.04. The van der Waals surface area contributed by atoms with E-state index in [0.717, 1.165) is 18.9 Å². The van der Waals surface area contributed by atoms with Gasteiger partial charge in [0.05, 0.1) is 0 Å². The molecule has 0 aliphatic carbocycles. The molecule has 0 rings (SSSR count). The SMILES string of the molecule is C=CC[C](N)CCCC. The van der Waals surface area contributed by atoms with Crippen LogP contribution in [0, 0.1) is 6.04 Å². The summed E-state index contributed by atoms with van der Waals surface area (Å²) in [5, 5.41) is 0. The third kappa shape index (κ3) is 5.57. The molecule has 0 atom stereocenters. The monoisotopic (exact) mass is 126 g/mol. The molecule has 9 heavy (non-hydrogen) atoms. The first-order valence-corrected chi connectivity index (χ1v) is 3.52. The summed E-state index contributed by atoms with van der Waals surface area (Å²) in [5.41, 5.74) is 5.62. The van der Waals surface area contributed by atoms with Gasteiger partial charge >= 0.3 is 0 Å². The molecule has 1 nitrogen and oxygen atoms in total. The van der Waals surface area contributed by atoms with E-state index >= 15 is 0 Å². The first-order chi connectivity index (χ1) is 4.31. The van der Waals surface area contributed by atoms with Crippen LogP contribution in [-0.4, -0.2) is 0 Å². The van der Waals surface area contributed by atoms with Crippen LogP contribution in [0.3, 0.4) is 0 Å². The molecule has 0 heterocycles. The van der Waals surface area contributed by atoms with Gasteiger partial charge in [0.1, 0.15) is 0 Å². The van der Waals surface area contributed by atoms with Crippen molar-refractivity contribution in [2.75, 3.05) is 0 Å². The summed E-state index contributed by atoms with van der Waals surface area (Å²) in [7, 11) is 0. The minimum absolute atomic E-state index is 0.875. The van der Waals surface area contributed by atoms with Gasteiger partial charge in [0, 0.05) is 6.04 Å². The predicted octanol–water partition coefficient (Wildman–Crippen LogP) is 2.24. The molecule has 0 saturated carbocycles. The van der Waals surface area contributed by atoms with Crippen molar-refractivity contribution in [1.29, 1.82) is 0 Å². The van der Waals surface area contributed by atoms with Gasteiger partial charge in [0.2, 0.25) is 0 Å². The summed E-state index contributed by atoms with van der Waals surface area (Å²) in [6.07, 6.45) is 6.21. The maximum Gasteiger partial charge on any atom is 0.0374 e. The Morgan fingerprint density at radius 1 is 1.67 bits per heavy atom. The molecular weight excluding hydrogens is 110 g/mol. The van der Waals surface area contributed by atoms with Crippen molar-refractivity contribution in [2.45, 2.75) is 32.6 Å². The highest BCUT2D eigenvalue weighted by Crippen LogP contribution is 2.07. The van der Waals surface area contributed by atoms with E-state index in [2.05, 4.69) is 13.5 Å². The van der Waals surface area contributed by atoms with Crippen LogP contribution in [0.5, 0.6) is 0 Å². The number of nitrogens with two attached hydrogens (primary N) is 1. The molecule has 0 saturated heterocycles. The average Bonchev–Trinajstić information content (AvgIpc) is 1.85. The second-order valence-electron chi connectivity index (χ2n) is 2.25. The van der Waals surface area contributed by atoms with Gasteiger partial charge in [-0.1, -0.05) is 25.8 Å². The van der Waals surface area contributed by atoms with Gasteiger partial charge in [-0.15, -0.1) is 6.58 Å². The van der Waals surface area contributed by atoms with E-state index in [1.807, 2.05) is 6.08 Å². The summed E-state index contributed by atoms with van der Waals surface area (Å²) in [6.45, 7) is 5.78. The van der Waals surface area contributed by atoms with Crippen molar-refractivity contribution in [1.82, 2.24) is 0 Å². The number of hydrogen-bond donors (Lipinski definition) is 1. The second-order valence-corrected chi connectivity index (χ2v) is 2.25. The number of rotatable bonds is 5. The van der Waals surface area contributed by atoms with Gasteiger partial charge < -0.3 is 5.73 Å². The minimum atomic E-state index is 0.875. The van der Waals surface area contributed by atoms with Crippen LogP contribution in [0.25, 0.3) is 0 Å². The zero-order chi connectivity index (χ0) is 7.11. The average molecular weight is 126 g/mol. The van der Waals surface area contributed by atoms with E-state index in [0.29, 0.717) is 0 Å². The molecule has 0 aliphatic rings. The first kappa shape index (κ1) is 8.70. The Bertz CT molecular complexity index is 69.0. The van der Waals surface area contributed by atoms with E-state index in [1.165, 1.54) is 12.8 Å². The van der Waals surface area contributed by atoms with Crippen molar-refractivity contribution < 1.29 is 0 Å². The third-order valence-corrected chi connectivity index (χ3v) is 1.26. The minimum Gasteiger partial charge on any atom is -0.323 e. The molecule has 0 fully saturated rings. The van der Waals surface area contributed by atoms with Crippen LogP contribution in [-0.2, 0) is 0 Å². The molecular formula is C8H16N. The highest BCUT2D eigenvalue weighted by atomic mass is 14.6. The van der Waals surface area contributed by atoms with Gasteiger partial charge in [0.25, 0.3) is 0 Å². The normalized spacial score (nSPS) is 10.1. The Balaban J connectivity index is 3.04. The van der Waals surface area contributed by atoms with Crippen LogP contribution in [0.4, 0.5) is 0 Å². The van der Waals surface area contributed by atoms with Crippen LogP contribution >= 0.6 is 0 Å². The quantitative estimate of drug-likeness (QED) is 0.562. The highest BCUT2D eigenvalue weighted by Gasteiger charge is 1.97. The second kappa shape index (κ2) is 5.83. The van der Waals surface area contributed by atoms with Crippen molar-refractivity contribution in [3.63, 3.8) is 0 Å². The van der Waals surface area contributed by atoms with Gasteiger partial charge in [-0.2, -0.15) is 0 Å². The summed E-state index contributed by atoms with van der Waals surface area (Å²) >= 11 is 0. The fraction of sp³-hybridized carbons (Fsp3) is 0.625. The smallest absolute Gasteiger partial charge is 0.0374 e. The number of hydrogen-bond acceptors (Lipinski definition) is 1. The van der Waals surface area contributed by atoms with Crippen LogP contribution in [0.2, 0.25) is 0 Å². The van der Waals surface area contributed by atoms with Crippen molar-refractivity contribution in [3.05, 3.63) is 18.7 Å². The topological polar surface area (TPSA) is 26.0 Å². The predicted molar refractivity (Wildman–Crippen MR) is 41.8 cm³/mol. The van der Waals surface area contributed by atoms with Crippen molar-refractivity contribution in [3.8, 4) is 0 Å². The lowest BCUT2D eigenvalue weighted by molar-refractivity contribution is 0.694. The molecule has 0 spiro atoms. The molecule has 0 aromatic carbocycles. The summed E-state index contributed by atoms with van der Waals surface area (Å²) in [6, 6.07) is 1.06. The molecule has 0 bridgehead atoms. The zero-order valence-corrected chi connectivity index (χ0v) is 6.19. The molecule has 0 aromatic rings. The van der Waals surface area contributed by atoms with Gasteiger partial charge in [-0.25, -0.2) is 0 Å². The Hall–Kier alpha value is -0.300. The Labute approximate surface area is 57.9 Å². The fourth-order valence-electron chi connectivity index (χ4n) is 0.691. The van der Waals surface area contributed by atoms with E-state index in [4.69, 9.17) is 5.73 Å². The Morgan fingerprint density at radius 3 is 2.78 bits per heavy atom. The maximum absolute atomic E-state index is 5.62. The first-order valence-electron chi connectivity index (χ1n) is 3.52. The molecule has 0 aliphatic heterocycles. The molecule has 53 valence electrons. The van der Waals surface area contributed by atoms with Crippen LogP contribution in [0.1, 0.15) is 32.6 Å². The summed E-state index contributed by atoms with van der Waals surface area (Å²) < 4.78 is 0. The maximum atomic E-state index is 5.62. The van der Waals surface area contributed by atoms with E-state index in [-0.39, 0.29) is 0 Å². The lowest BCUT2D eigenvalue weighted by atomic mass is 10.1.